The van der Waals surface area contributed by atoms with E-state index in [9.17, 15) is 18.0 Å². The molecule has 1 fully saturated rings. The lowest BCUT2D eigenvalue weighted by atomic mass is 9.86. The minimum Gasteiger partial charge on any atom is -0.440 e. The zero-order valence-electron chi connectivity index (χ0n) is 18.1. The number of furan rings is 1. The van der Waals surface area contributed by atoms with Crippen molar-refractivity contribution in [3.8, 4) is 0 Å². The number of rotatable bonds is 6. The summed E-state index contributed by atoms with van der Waals surface area (Å²) in [5.41, 5.74) is 1.42. The minimum absolute atomic E-state index is 0.0848. The molecule has 0 aliphatic heterocycles. The summed E-state index contributed by atoms with van der Waals surface area (Å²) in [6.45, 7) is 3.14. The Morgan fingerprint density at radius 2 is 1.82 bits per heavy atom. The molecule has 33 heavy (non-hydrogen) atoms. The van der Waals surface area contributed by atoms with Gasteiger partial charge in [0.1, 0.15) is 5.52 Å². The topological polar surface area (TPSA) is 132 Å². The molecule has 2 N–H and O–H groups in total. The molecule has 0 unspecified atom stereocenters. The van der Waals surface area contributed by atoms with Gasteiger partial charge < -0.3 is 14.2 Å². The van der Waals surface area contributed by atoms with Gasteiger partial charge in [-0.2, -0.15) is 8.42 Å². The fraction of sp³-hybridized carbons (Fsp3) is 0.409. The summed E-state index contributed by atoms with van der Waals surface area (Å²) in [5.74, 6) is -0.996. The van der Waals surface area contributed by atoms with Crippen molar-refractivity contribution >= 4 is 44.5 Å². The van der Waals surface area contributed by atoms with Gasteiger partial charge in [0.15, 0.2) is 17.2 Å². The van der Waals surface area contributed by atoms with Gasteiger partial charge in [0.25, 0.3) is 15.9 Å². The van der Waals surface area contributed by atoms with Crippen molar-refractivity contribution in [1.29, 1.82) is 0 Å². The molecule has 11 heteroatoms. The second-order valence-electron chi connectivity index (χ2n) is 8.43. The van der Waals surface area contributed by atoms with E-state index in [0.717, 1.165) is 24.4 Å². The number of oxazole rings is 1. The molecule has 0 saturated heterocycles. The number of nitrogens with one attached hydrogen (secondary N) is 2. The Morgan fingerprint density at radius 1 is 1.09 bits per heavy atom. The summed E-state index contributed by atoms with van der Waals surface area (Å²) in [6.07, 6.45) is 2.99. The van der Waals surface area contributed by atoms with Gasteiger partial charge in [0.2, 0.25) is 11.0 Å². The summed E-state index contributed by atoms with van der Waals surface area (Å²) in [5, 5.41) is 3.00. The highest BCUT2D eigenvalue weighted by Crippen LogP contribution is 2.34. The quantitative estimate of drug-likeness (QED) is 0.530. The SMILES string of the molecule is CC(C)C(=O)NS(=O)(=O)c1ccc(C(=O)N[C@H]2CC[C@@H](c3nc4cc(Cl)ccc4o3)CC2)o1. The van der Waals surface area contributed by atoms with E-state index in [4.69, 9.17) is 20.4 Å². The van der Waals surface area contributed by atoms with Gasteiger partial charge in [-0.15, -0.1) is 0 Å². The Hall–Kier alpha value is -2.85. The van der Waals surface area contributed by atoms with Crippen molar-refractivity contribution in [1.82, 2.24) is 15.0 Å². The molecular weight excluding hydrogens is 470 g/mol. The largest absolute Gasteiger partial charge is 0.440 e. The predicted octanol–water partition coefficient (Wildman–Crippen LogP) is 3.99. The Balaban J connectivity index is 1.34. The maximum absolute atomic E-state index is 12.6. The van der Waals surface area contributed by atoms with Crippen molar-refractivity contribution in [2.45, 2.75) is 56.6 Å². The Kier molecular flexibility index (Phi) is 6.49. The van der Waals surface area contributed by atoms with Crippen molar-refractivity contribution < 1.29 is 26.8 Å². The molecule has 0 radical (unpaired) electrons. The van der Waals surface area contributed by atoms with E-state index in [-0.39, 0.29) is 17.7 Å². The number of carbonyl (C=O) groups is 2. The standard InChI is InChI=1S/C22H24ClN3O6S/c1-12(2)20(27)26-33(29,30)19-10-9-18(31-19)21(28)24-15-6-3-13(4-7-15)22-25-16-11-14(23)5-8-17(16)32-22/h5,8-13,15H,3-4,6-7H2,1-2H3,(H,24,28)(H,26,27)/t13-,15+. The average Bonchev–Trinajstić information content (AvgIpc) is 3.41. The maximum Gasteiger partial charge on any atom is 0.297 e. The van der Waals surface area contributed by atoms with Gasteiger partial charge in [-0.1, -0.05) is 25.4 Å². The number of sulfonamides is 1. The van der Waals surface area contributed by atoms with E-state index in [1.807, 2.05) is 4.72 Å². The number of fused-ring (bicyclic) bond motifs is 1. The van der Waals surface area contributed by atoms with E-state index in [1.54, 1.807) is 32.0 Å². The van der Waals surface area contributed by atoms with Gasteiger partial charge in [-0.3, -0.25) is 9.59 Å². The Labute approximate surface area is 195 Å². The molecule has 1 saturated carbocycles. The molecule has 176 valence electrons. The maximum atomic E-state index is 12.6. The molecular formula is C22H24ClN3O6S. The third-order valence-corrected chi connectivity index (χ3v) is 7.06. The first kappa shape index (κ1) is 23.3. The second kappa shape index (κ2) is 9.18. The van der Waals surface area contributed by atoms with E-state index >= 15 is 0 Å². The fourth-order valence-corrected chi connectivity index (χ4v) is 4.94. The highest BCUT2D eigenvalue weighted by Gasteiger charge is 2.29. The van der Waals surface area contributed by atoms with Crippen molar-refractivity contribution in [3.63, 3.8) is 0 Å². The average molecular weight is 494 g/mol. The Bertz CT molecular complexity index is 1290. The van der Waals surface area contributed by atoms with Crippen molar-refractivity contribution in [3.05, 3.63) is 47.0 Å². The molecule has 1 aromatic carbocycles. The molecule has 1 aliphatic carbocycles. The van der Waals surface area contributed by atoms with Crippen LogP contribution in [0.4, 0.5) is 0 Å². The van der Waals surface area contributed by atoms with Gasteiger partial charge >= 0.3 is 0 Å². The first-order valence-electron chi connectivity index (χ1n) is 10.7. The van der Waals surface area contributed by atoms with Crippen LogP contribution in [0.1, 0.15) is 61.9 Å². The molecule has 0 atom stereocenters. The fourth-order valence-electron chi connectivity index (χ4n) is 3.72. The van der Waals surface area contributed by atoms with Crippen LogP contribution in [0.5, 0.6) is 0 Å². The molecule has 2 amide bonds. The lowest BCUT2D eigenvalue weighted by Gasteiger charge is -2.27. The zero-order chi connectivity index (χ0) is 23.8. The molecule has 9 nitrogen and oxygen atoms in total. The second-order valence-corrected chi connectivity index (χ2v) is 10.5. The van der Waals surface area contributed by atoms with Crippen molar-refractivity contribution in [2.75, 3.05) is 0 Å². The lowest BCUT2D eigenvalue weighted by Crippen LogP contribution is -2.37. The summed E-state index contributed by atoms with van der Waals surface area (Å²) in [6, 6.07) is 7.67. The number of hydrogen-bond donors (Lipinski definition) is 2. The summed E-state index contributed by atoms with van der Waals surface area (Å²) in [7, 11) is -4.17. The summed E-state index contributed by atoms with van der Waals surface area (Å²) < 4.78 is 37.5. The zero-order valence-corrected chi connectivity index (χ0v) is 19.7. The van der Waals surface area contributed by atoms with Gasteiger partial charge in [-0.25, -0.2) is 9.71 Å². The van der Waals surface area contributed by atoms with Crippen molar-refractivity contribution in [2.24, 2.45) is 5.92 Å². The number of carbonyl (C=O) groups excluding carboxylic acids is 2. The van der Waals surface area contributed by atoms with Crippen LogP contribution in [-0.4, -0.2) is 31.3 Å². The number of hydrogen-bond acceptors (Lipinski definition) is 7. The number of nitrogens with zero attached hydrogens (tertiary/aromatic N) is 1. The molecule has 0 spiro atoms. The van der Waals surface area contributed by atoms with Crippen LogP contribution >= 0.6 is 11.6 Å². The first-order valence-corrected chi connectivity index (χ1v) is 12.5. The molecule has 2 aromatic heterocycles. The molecule has 2 heterocycles. The monoisotopic (exact) mass is 493 g/mol. The van der Waals surface area contributed by atoms with Gasteiger partial charge in [0, 0.05) is 22.9 Å². The third-order valence-electron chi connectivity index (χ3n) is 5.61. The van der Waals surface area contributed by atoms with E-state index in [0.29, 0.717) is 29.3 Å². The molecule has 4 rings (SSSR count). The summed E-state index contributed by atoms with van der Waals surface area (Å²) >= 11 is 6.01. The normalized spacial score (nSPS) is 19.0. The van der Waals surface area contributed by atoms with E-state index < -0.39 is 32.8 Å². The first-order chi connectivity index (χ1) is 15.6. The lowest BCUT2D eigenvalue weighted by molar-refractivity contribution is -0.122. The van der Waals surface area contributed by atoms with Crippen LogP contribution in [-0.2, 0) is 14.8 Å². The van der Waals surface area contributed by atoms with Gasteiger partial charge in [-0.05, 0) is 56.0 Å². The number of benzene rings is 1. The minimum atomic E-state index is -4.17. The predicted molar refractivity (Wildman–Crippen MR) is 120 cm³/mol. The van der Waals surface area contributed by atoms with Crippen LogP contribution < -0.4 is 10.0 Å². The molecule has 3 aromatic rings. The molecule has 0 bridgehead atoms. The third kappa shape index (κ3) is 5.22. The smallest absolute Gasteiger partial charge is 0.297 e. The van der Waals surface area contributed by atoms with Gasteiger partial charge in [0.05, 0.1) is 0 Å². The summed E-state index contributed by atoms with van der Waals surface area (Å²) in [4.78, 5) is 28.8. The number of aromatic nitrogens is 1. The Morgan fingerprint density at radius 3 is 2.52 bits per heavy atom. The number of amides is 2. The van der Waals surface area contributed by atoms with Crippen LogP contribution in [0.2, 0.25) is 5.02 Å². The van der Waals surface area contributed by atoms with Crippen LogP contribution in [0, 0.1) is 5.92 Å². The van der Waals surface area contributed by atoms with E-state index in [2.05, 4.69) is 10.3 Å². The number of halogens is 1. The van der Waals surface area contributed by atoms with E-state index in [1.165, 1.54) is 6.07 Å². The highest BCUT2D eigenvalue weighted by molar-refractivity contribution is 7.89. The highest BCUT2D eigenvalue weighted by atomic mass is 35.5. The molecule has 1 aliphatic rings. The van der Waals surface area contributed by atoms with Crippen LogP contribution in [0.25, 0.3) is 11.1 Å². The van der Waals surface area contributed by atoms with Crippen LogP contribution in [0.3, 0.4) is 0 Å². The van der Waals surface area contributed by atoms with Crippen LogP contribution in [0.15, 0.2) is 44.3 Å².